The van der Waals surface area contributed by atoms with Crippen LogP contribution in [0.25, 0.3) is 0 Å². The largest absolute Gasteiger partial charge is 0.513 e. The third-order valence-electron chi connectivity index (χ3n) is 5.16. The summed E-state index contributed by atoms with van der Waals surface area (Å²) in [6.07, 6.45) is 20.8. The molecule has 0 aliphatic heterocycles. The van der Waals surface area contributed by atoms with Crippen LogP contribution < -0.4 is 4.74 Å². The lowest BCUT2D eigenvalue weighted by Crippen LogP contribution is -2.11. The summed E-state index contributed by atoms with van der Waals surface area (Å²) >= 11 is 0. The van der Waals surface area contributed by atoms with E-state index in [1.54, 1.807) is 12.1 Å². The van der Waals surface area contributed by atoms with Crippen molar-refractivity contribution in [3.8, 4) is 5.75 Å². The van der Waals surface area contributed by atoms with E-state index in [4.69, 9.17) is 9.47 Å². The van der Waals surface area contributed by atoms with Gasteiger partial charge in [-0.25, -0.2) is 4.79 Å². The summed E-state index contributed by atoms with van der Waals surface area (Å²) in [5, 5.41) is 0. The van der Waals surface area contributed by atoms with Gasteiger partial charge in [-0.05, 0) is 18.6 Å². The van der Waals surface area contributed by atoms with Crippen LogP contribution in [0.3, 0.4) is 0 Å². The molecule has 0 fully saturated rings. The Morgan fingerprint density at radius 1 is 0.643 bits per heavy atom. The van der Waals surface area contributed by atoms with Crippen LogP contribution in [0.4, 0.5) is 4.79 Å². The number of unbranched alkanes of at least 4 members (excludes halogenated alkanes) is 15. The first-order chi connectivity index (χ1) is 13.8. The standard InChI is InChI=1S/C25H42O3/c1-2-3-4-5-6-7-8-9-10-11-12-13-14-15-16-20-23-27-25(26)28-24-21-18-17-19-22-24/h17-19,21-22H,2-16,20,23H2,1H3. The average Bonchev–Trinajstić information content (AvgIpc) is 2.71. The van der Waals surface area contributed by atoms with Crippen LogP contribution in [0.2, 0.25) is 0 Å². The number of benzene rings is 1. The van der Waals surface area contributed by atoms with Gasteiger partial charge in [0.05, 0.1) is 6.61 Å². The van der Waals surface area contributed by atoms with Crippen molar-refractivity contribution in [2.75, 3.05) is 6.61 Å². The molecule has 1 rings (SSSR count). The van der Waals surface area contributed by atoms with E-state index in [0.717, 1.165) is 12.8 Å². The second-order valence-corrected chi connectivity index (χ2v) is 7.82. The maximum absolute atomic E-state index is 11.5. The molecule has 0 saturated heterocycles. The minimum atomic E-state index is -0.604. The highest BCUT2D eigenvalue weighted by Crippen LogP contribution is 2.14. The van der Waals surface area contributed by atoms with Gasteiger partial charge >= 0.3 is 6.16 Å². The Kier molecular flexibility index (Phi) is 16.5. The minimum Gasteiger partial charge on any atom is -0.434 e. The zero-order valence-corrected chi connectivity index (χ0v) is 18.1. The molecule has 0 bridgehead atoms. The Morgan fingerprint density at radius 3 is 1.54 bits per heavy atom. The Balaban J connectivity index is 1.74. The maximum Gasteiger partial charge on any atom is 0.513 e. The number of rotatable bonds is 18. The van der Waals surface area contributed by atoms with E-state index < -0.39 is 6.16 Å². The highest BCUT2D eigenvalue weighted by atomic mass is 16.7. The van der Waals surface area contributed by atoms with E-state index >= 15 is 0 Å². The van der Waals surface area contributed by atoms with Crippen molar-refractivity contribution < 1.29 is 14.3 Å². The predicted octanol–water partition coefficient (Wildman–Crippen LogP) is 8.46. The third-order valence-corrected chi connectivity index (χ3v) is 5.16. The van der Waals surface area contributed by atoms with Gasteiger partial charge in [-0.2, -0.15) is 0 Å². The number of para-hydroxylation sites is 1. The van der Waals surface area contributed by atoms with Crippen molar-refractivity contribution in [1.82, 2.24) is 0 Å². The number of hydrogen-bond donors (Lipinski definition) is 0. The summed E-state index contributed by atoms with van der Waals surface area (Å²) in [5.41, 5.74) is 0. The molecule has 0 spiro atoms. The highest BCUT2D eigenvalue weighted by molar-refractivity contribution is 5.63. The summed E-state index contributed by atoms with van der Waals surface area (Å²) in [7, 11) is 0. The van der Waals surface area contributed by atoms with E-state index in [9.17, 15) is 4.79 Å². The Bertz CT molecular complexity index is 458. The smallest absolute Gasteiger partial charge is 0.434 e. The van der Waals surface area contributed by atoms with Crippen molar-refractivity contribution in [3.63, 3.8) is 0 Å². The van der Waals surface area contributed by atoms with Crippen molar-refractivity contribution >= 4 is 6.16 Å². The number of hydrogen-bond acceptors (Lipinski definition) is 3. The average molecular weight is 391 g/mol. The van der Waals surface area contributed by atoms with Crippen LogP contribution >= 0.6 is 0 Å². The van der Waals surface area contributed by atoms with E-state index in [1.165, 1.54) is 89.9 Å². The zero-order chi connectivity index (χ0) is 20.1. The van der Waals surface area contributed by atoms with Gasteiger partial charge < -0.3 is 9.47 Å². The summed E-state index contributed by atoms with van der Waals surface area (Å²) in [4.78, 5) is 11.5. The number of carbonyl (C=O) groups is 1. The van der Waals surface area contributed by atoms with Gasteiger partial charge in [0.25, 0.3) is 0 Å². The minimum absolute atomic E-state index is 0.449. The molecule has 0 N–H and O–H groups in total. The molecule has 0 amide bonds. The summed E-state index contributed by atoms with van der Waals surface area (Å²) in [6, 6.07) is 9.04. The van der Waals surface area contributed by atoms with Crippen molar-refractivity contribution in [1.29, 1.82) is 0 Å². The Hall–Kier alpha value is -1.51. The van der Waals surface area contributed by atoms with Gasteiger partial charge in [0.2, 0.25) is 0 Å². The van der Waals surface area contributed by atoms with Gasteiger partial charge in [-0.3, -0.25) is 0 Å². The lowest BCUT2D eigenvalue weighted by atomic mass is 10.0. The van der Waals surface area contributed by atoms with Crippen LogP contribution in [0.5, 0.6) is 5.75 Å². The SMILES string of the molecule is CCCCCCCCCCCCCCCCCCOC(=O)Oc1ccccc1. The van der Waals surface area contributed by atoms with Crippen LogP contribution in [0.15, 0.2) is 30.3 Å². The van der Waals surface area contributed by atoms with E-state index in [2.05, 4.69) is 6.92 Å². The fraction of sp³-hybridized carbons (Fsp3) is 0.720. The lowest BCUT2D eigenvalue weighted by Gasteiger charge is -2.06. The van der Waals surface area contributed by atoms with Gasteiger partial charge in [-0.1, -0.05) is 121 Å². The van der Waals surface area contributed by atoms with Crippen LogP contribution in [-0.2, 0) is 4.74 Å². The van der Waals surface area contributed by atoms with Crippen LogP contribution in [0, 0.1) is 0 Å². The molecule has 0 aliphatic carbocycles. The van der Waals surface area contributed by atoms with Crippen molar-refractivity contribution in [2.45, 2.75) is 110 Å². The fourth-order valence-corrected chi connectivity index (χ4v) is 3.42. The van der Waals surface area contributed by atoms with Crippen LogP contribution in [-0.4, -0.2) is 12.8 Å². The number of carbonyl (C=O) groups excluding carboxylic acids is 1. The lowest BCUT2D eigenvalue weighted by molar-refractivity contribution is 0.0973. The molecule has 0 saturated carbocycles. The second-order valence-electron chi connectivity index (χ2n) is 7.82. The molecule has 1 aromatic carbocycles. The van der Waals surface area contributed by atoms with Gasteiger partial charge in [0, 0.05) is 0 Å². The summed E-state index contributed by atoms with van der Waals surface area (Å²) in [6.45, 7) is 2.73. The first kappa shape index (κ1) is 24.5. The molecule has 0 unspecified atom stereocenters. The van der Waals surface area contributed by atoms with Gasteiger partial charge in [0.1, 0.15) is 5.75 Å². The highest BCUT2D eigenvalue weighted by Gasteiger charge is 2.04. The molecule has 0 radical (unpaired) electrons. The molecular weight excluding hydrogens is 348 g/mol. The normalized spacial score (nSPS) is 10.8. The molecule has 0 aliphatic rings. The molecule has 28 heavy (non-hydrogen) atoms. The summed E-state index contributed by atoms with van der Waals surface area (Å²) in [5.74, 6) is 0.527. The quantitative estimate of drug-likeness (QED) is 0.143. The predicted molar refractivity (Wildman–Crippen MR) is 118 cm³/mol. The molecule has 1 aromatic rings. The topological polar surface area (TPSA) is 35.5 Å². The van der Waals surface area contributed by atoms with Crippen LogP contribution in [0.1, 0.15) is 110 Å². The van der Waals surface area contributed by atoms with E-state index in [-0.39, 0.29) is 0 Å². The van der Waals surface area contributed by atoms with Crippen molar-refractivity contribution in [3.05, 3.63) is 30.3 Å². The molecule has 160 valence electrons. The van der Waals surface area contributed by atoms with E-state index in [0.29, 0.717) is 12.4 Å². The first-order valence-corrected chi connectivity index (χ1v) is 11.7. The van der Waals surface area contributed by atoms with E-state index in [1.807, 2.05) is 18.2 Å². The first-order valence-electron chi connectivity index (χ1n) is 11.7. The summed E-state index contributed by atoms with van der Waals surface area (Å²) < 4.78 is 10.2. The fourth-order valence-electron chi connectivity index (χ4n) is 3.42. The monoisotopic (exact) mass is 390 g/mol. The van der Waals surface area contributed by atoms with Crippen molar-refractivity contribution in [2.24, 2.45) is 0 Å². The Morgan fingerprint density at radius 2 is 1.07 bits per heavy atom. The second kappa shape index (κ2) is 18.8. The molecule has 0 aromatic heterocycles. The molecule has 0 atom stereocenters. The zero-order valence-electron chi connectivity index (χ0n) is 18.1. The molecule has 3 nitrogen and oxygen atoms in total. The van der Waals surface area contributed by atoms with Gasteiger partial charge in [0.15, 0.2) is 0 Å². The number of ether oxygens (including phenoxy) is 2. The Labute approximate surface area is 173 Å². The molecule has 0 heterocycles. The molecular formula is C25H42O3. The third kappa shape index (κ3) is 15.5. The maximum atomic E-state index is 11.5. The molecule has 3 heteroatoms. The van der Waals surface area contributed by atoms with Gasteiger partial charge in [-0.15, -0.1) is 0 Å².